The topological polar surface area (TPSA) is 55.4 Å². The average molecular weight is 297 g/mol. The lowest BCUT2D eigenvalue weighted by Crippen LogP contribution is -2.12. The summed E-state index contributed by atoms with van der Waals surface area (Å²) in [6.07, 6.45) is 0.0532. The number of carbonyl (C=O) groups excluding carboxylic acids is 2. The molecular weight excluding hydrogens is 278 g/mol. The molecule has 0 spiro atoms. The Bertz CT molecular complexity index is 675. The summed E-state index contributed by atoms with van der Waals surface area (Å²) in [6.45, 7) is 5.38. The molecule has 0 bridgehead atoms. The zero-order chi connectivity index (χ0) is 16.1. The molecular formula is C18H19NO3. The number of nitrogens with one attached hydrogen (secondary N) is 1. The van der Waals surface area contributed by atoms with Crippen molar-refractivity contribution < 1.29 is 14.3 Å². The fourth-order valence-corrected chi connectivity index (χ4v) is 1.97. The van der Waals surface area contributed by atoms with Crippen molar-refractivity contribution in [1.29, 1.82) is 0 Å². The zero-order valence-corrected chi connectivity index (χ0v) is 12.9. The number of rotatable bonds is 5. The van der Waals surface area contributed by atoms with Crippen LogP contribution in [-0.2, 0) is 0 Å². The summed E-state index contributed by atoms with van der Waals surface area (Å²) in [6, 6.07) is 13.8. The Labute approximate surface area is 130 Å². The lowest BCUT2D eigenvalue weighted by atomic mass is 10.1. The monoisotopic (exact) mass is 297 g/mol. The van der Waals surface area contributed by atoms with E-state index in [0.29, 0.717) is 22.6 Å². The van der Waals surface area contributed by atoms with Crippen molar-refractivity contribution in [2.75, 3.05) is 5.32 Å². The molecule has 0 atom stereocenters. The summed E-state index contributed by atoms with van der Waals surface area (Å²) in [7, 11) is 0. The van der Waals surface area contributed by atoms with Crippen LogP contribution in [0.4, 0.5) is 5.69 Å². The number of hydrogen-bond donors (Lipinski definition) is 1. The van der Waals surface area contributed by atoms with Crippen molar-refractivity contribution in [3.05, 3.63) is 59.7 Å². The van der Waals surface area contributed by atoms with Crippen LogP contribution in [0.15, 0.2) is 48.5 Å². The molecule has 22 heavy (non-hydrogen) atoms. The minimum absolute atomic E-state index is 0.00332. The van der Waals surface area contributed by atoms with Crippen LogP contribution in [-0.4, -0.2) is 17.8 Å². The van der Waals surface area contributed by atoms with Crippen LogP contribution in [0.2, 0.25) is 0 Å². The first-order valence-corrected chi connectivity index (χ1v) is 7.15. The van der Waals surface area contributed by atoms with E-state index in [1.54, 1.807) is 42.5 Å². The molecule has 4 nitrogen and oxygen atoms in total. The first-order valence-electron chi connectivity index (χ1n) is 7.15. The molecule has 0 aromatic heterocycles. The number of carbonyl (C=O) groups is 2. The van der Waals surface area contributed by atoms with Gasteiger partial charge in [-0.1, -0.05) is 6.07 Å². The van der Waals surface area contributed by atoms with E-state index in [1.807, 2.05) is 19.9 Å². The summed E-state index contributed by atoms with van der Waals surface area (Å²) in [5.41, 5.74) is 1.78. The largest absolute Gasteiger partial charge is 0.491 e. The molecule has 0 saturated heterocycles. The minimum atomic E-state index is -0.218. The molecule has 0 aliphatic rings. The van der Waals surface area contributed by atoms with Crippen LogP contribution in [0.1, 0.15) is 41.5 Å². The zero-order valence-electron chi connectivity index (χ0n) is 12.9. The summed E-state index contributed by atoms with van der Waals surface area (Å²) in [5, 5.41) is 2.80. The third-order valence-electron chi connectivity index (χ3n) is 3.02. The van der Waals surface area contributed by atoms with Gasteiger partial charge in [0, 0.05) is 16.8 Å². The van der Waals surface area contributed by atoms with Crippen molar-refractivity contribution in [1.82, 2.24) is 0 Å². The highest BCUT2D eigenvalue weighted by Crippen LogP contribution is 2.17. The Morgan fingerprint density at radius 3 is 2.27 bits per heavy atom. The third kappa shape index (κ3) is 4.19. The van der Waals surface area contributed by atoms with E-state index in [4.69, 9.17) is 4.74 Å². The molecule has 1 N–H and O–H groups in total. The first-order chi connectivity index (χ1) is 10.5. The van der Waals surface area contributed by atoms with E-state index < -0.39 is 0 Å². The van der Waals surface area contributed by atoms with Crippen molar-refractivity contribution >= 4 is 17.4 Å². The number of ketones is 1. The van der Waals surface area contributed by atoms with Gasteiger partial charge in [-0.05, 0) is 63.2 Å². The number of amides is 1. The standard InChI is InChI=1S/C18H19NO3/c1-12(2)22-17-6-4-5-15(11-17)18(21)19-16-9-7-14(8-10-16)13(3)20/h4-12H,1-3H3,(H,19,21). The molecule has 0 aliphatic heterocycles. The minimum Gasteiger partial charge on any atom is -0.491 e. The van der Waals surface area contributed by atoms with Gasteiger partial charge in [-0.2, -0.15) is 0 Å². The van der Waals surface area contributed by atoms with E-state index in [0.717, 1.165) is 0 Å². The van der Waals surface area contributed by atoms with Crippen molar-refractivity contribution in [3.8, 4) is 5.75 Å². The summed E-state index contributed by atoms with van der Waals surface area (Å²) >= 11 is 0. The smallest absolute Gasteiger partial charge is 0.255 e. The Morgan fingerprint density at radius 2 is 1.68 bits per heavy atom. The van der Waals surface area contributed by atoms with Crippen LogP contribution in [0.3, 0.4) is 0 Å². The maximum atomic E-state index is 12.2. The van der Waals surface area contributed by atoms with Crippen molar-refractivity contribution in [3.63, 3.8) is 0 Å². The quantitative estimate of drug-likeness (QED) is 0.851. The van der Waals surface area contributed by atoms with Gasteiger partial charge in [0.1, 0.15) is 5.75 Å². The van der Waals surface area contributed by atoms with Crippen LogP contribution < -0.4 is 10.1 Å². The van der Waals surface area contributed by atoms with E-state index in [-0.39, 0.29) is 17.8 Å². The van der Waals surface area contributed by atoms with Gasteiger partial charge in [0.2, 0.25) is 0 Å². The molecule has 114 valence electrons. The van der Waals surface area contributed by atoms with Gasteiger partial charge in [0.15, 0.2) is 5.78 Å². The van der Waals surface area contributed by atoms with Gasteiger partial charge in [-0.3, -0.25) is 9.59 Å². The fourth-order valence-electron chi connectivity index (χ4n) is 1.97. The van der Waals surface area contributed by atoms with E-state index in [1.165, 1.54) is 6.92 Å². The highest BCUT2D eigenvalue weighted by atomic mass is 16.5. The predicted molar refractivity (Wildman–Crippen MR) is 86.6 cm³/mol. The highest BCUT2D eigenvalue weighted by Gasteiger charge is 2.08. The molecule has 1 amide bonds. The van der Waals surface area contributed by atoms with Gasteiger partial charge in [-0.15, -0.1) is 0 Å². The van der Waals surface area contributed by atoms with Gasteiger partial charge in [-0.25, -0.2) is 0 Å². The molecule has 0 fully saturated rings. The fraction of sp³-hybridized carbons (Fsp3) is 0.222. The molecule has 4 heteroatoms. The molecule has 2 rings (SSSR count). The summed E-state index contributed by atoms with van der Waals surface area (Å²) in [5.74, 6) is 0.441. The van der Waals surface area contributed by atoms with Crippen LogP contribution in [0, 0.1) is 0 Å². The predicted octanol–water partition coefficient (Wildman–Crippen LogP) is 3.93. The molecule has 0 heterocycles. The Kier molecular flexibility index (Phi) is 4.94. The normalized spacial score (nSPS) is 10.4. The van der Waals surface area contributed by atoms with E-state index in [2.05, 4.69) is 5.32 Å². The lowest BCUT2D eigenvalue weighted by molar-refractivity contribution is 0.101. The summed E-state index contributed by atoms with van der Waals surface area (Å²) < 4.78 is 5.58. The first kappa shape index (κ1) is 15.8. The Morgan fingerprint density at radius 1 is 1.00 bits per heavy atom. The van der Waals surface area contributed by atoms with E-state index in [9.17, 15) is 9.59 Å². The maximum absolute atomic E-state index is 12.2. The number of hydrogen-bond acceptors (Lipinski definition) is 3. The molecule has 0 aliphatic carbocycles. The van der Waals surface area contributed by atoms with E-state index >= 15 is 0 Å². The SMILES string of the molecule is CC(=O)c1ccc(NC(=O)c2cccc(OC(C)C)c2)cc1. The summed E-state index contributed by atoms with van der Waals surface area (Å²) in [4.78, 5) is 23.5. The van der Waals surface area contributed by atoms with Crippen molar-refractivity contribution in [2.45, 2.75) is 26.9 Å². The third-order valence-corrected chi connectivity index (χ3v) is 3.02. The van der Waals surface area contributed by atoms with Crippen LogP contribution in [0.25, 0.3) is 0 Å². The molecule has 0 radical (unpaired) electrons. The molecule has 2 aromatic carbocycles. The van der Waals surface area contributed by atoms with Crippen LogP contribution in [0.5, 0.6) is 5.75 Å². The number of benzene rings is 2. The molecule has 0 saturated carbocycles. The van der Waals surface area contributed by atoms with Gasteiger partial charge < -0.3 is 10.1 Å². The van der Waals surface area contributed by atoms with Gasteiger partial charge >= 0.3 is 0 Å². The second-order valence-corrected chi connectivity index (χ2v) is 5.28. The maximum Gasteiger partial charge on any atom is 0.255 e. The molecule has 2 aromatic rings. The number of Topliss-reactive ketones (excluding diaryl/α,β-unsaturated/α-hetero) is 1. The van der Waals surface area contributed by atoms with Crippen molar-refractivity contribution in [2.24, 2.45) is 0 Å². The Hall–Kier alpha value is -2.62. The second-order valence-electron chi connectivity index (χ2n) is 5.28. The lowest BCUT2D eigenvalue weighted by Gasteiger charge is -2.11. The number of ether oxygens (including phenoxy) is 1. The van der Waals surface area contributed by atoms with Gasteiger partial charge in [0.05, 0.1) is 6.10 Å². The molecule has 0 unspecified atom stereocenters. The van der Waals surface area contributed by atoms with Crippen LogP contribution >= 0.6 is 0 Å². The van der Waals surface area contributed by atoms with Gasteiger partial charge in [0.25, 0.3) is 5.91 Å². The number of anilines is 1. The average Bonchev–Trinajstić information content (AvgIpc) is 2.47. The second kappa shape index (κ2) is 6.89. The Balaban J connectivity index is 2.10. The highest BCUT2D eigenvalue weighted by molar-refractivity contribution is 6.04.